The Hall–Kier alpha value is -2.73. The number of sulfonamides is 1. The number of amides is 1. The van der Waals surface area contributed by atoms with Crippen molar-refractivity contribution in [1.82, 2.24) is 0 Å². The van der Waals surface area contributed by atoms with E-state index in [-0.39, 0.29) is 10.8 Å². The third kappa shape index (κ3) is 9.85. The second-order valence-corrected chi connectivity index (χ2v) is 6.91. The zero-order chi connectivity index (χ0) is 23.0. The number of nitrogens with two attached hydrogens (primary N) is 1. The average Bonchev–Trinajstić information content (AvgIpc) is 2.75. The second-order valence-electron chi connectivity index (χ2n) is 5.23. The molecule has 6 nitrogen and oxygen atoms in total. The van der Waals surface area contributed by atoms with Gasteiger partial charge in [-0.2, -0.15) is 0 Å². The fourth-order valence-corrected chi connectivity index (χ4v) is 2.95. The molecule has 2 rings (SSSR count). The summed E-state index contributed by atoms with van der Waals surface area (Å²) in [4.78, 5) is 11.9. The van der Waals surface area contributed by atoms with Gasteiger partial charge in [-0.05, 0) is 43.7 Å². The van der Waals surface area contributed by atoms with Crippen molar-refractivity contribution in [3.63, 3.8) is 0 Å². The molecular weight excluding hydrogens is 421 g/mol. The van der Waals surface area contributed by atoms with Gasteiger partial charge in [-0.3, -0.25) is 13.9 Å². The predicted molar refractivity (Wildman–Crippen MR) is 102 cm³/mol. The van der Waals surface area contributed by atoms with Crippen LogP contribution < -0.4 is 15.8 Å². The maximum atomic E-state index is 12.3. The summed E-state index contributed by atoms with van der Waals surface area (Å²) in [6, 6.07) is 12.3. The summed E-state index contributed by atoms with van der Waals surface area (Å²) in [6.07, 6.45) is 0. The molecule has 0 spiro atoms. The lowest BCUT2D eigenvalue weighted by Crippen LogP contribution is -2.32. The lowest BCUT2D eigenvalue weighted by atomic mass is 10.1. The number of hydrogen-bond acceptors (Lipinski definition) is 4. The molecule has 0 heterocycles. The molecule has 2 aromatic carbocycles. The van der Waals surface area contributed by atoms with E-state index < -0.39 is 16.1 Å². The van der Waals surface area contributed by atoms with Crippen LogP contribution in [0, 0.1) is 6.92 Å². The summed E-state index contributed by atoms with van der Waals surface area (Å²) in [5.41, 5.74) is 7.21. The van der Waals surface area contributed by atoms with Gasteiger partial charge in [0.1, 0.15) is 0 Å². The van der Waals surface area contributed by atoms with Crippen LogP contribution in [0.4, 0.5) is 34.1 Å². The van der Waals surface area contributed by atoms with Crippen LogP contribution in [-0.2, 0) is 14.8 Å². The zero-order valence-electron chi connectivity index (χ0n) is 15.8. The van der Waals surface area contributed by atoms with E-state index in [1.807, 2.05) is 6.92 Å². The Balaban J connectivity index is 0. The molecule has 0 bridgehead atoms. The quantitative estimate of drug-likeness (QED) is 0.598. The summed E-state index contributed by atoms with van der Waals surface area (Å²) in [5, 5.41) is 2.68. The fourth-order valence-electron chi connectivity index (χ4n) is 1.88. The number of alkyl halides is 1. The Morgan fingerprint density at radius 2 is 1.52 bits per heavy atom. The number of hydrogen-bond donors (Lipinski definition) is 3. The molecular formula is C17H22F5N3O3S. The highest BCUT2D eigenvalue weighted by atomic mass is 32.2. The summed E-state index contributed by atoms with van der Waals surface area (Å²) in [7, 11) is -3.18. The number of carbonyl (C=O) groups excluding carboxylic acids is 1. The van der Waals surface area contributed by atoms with Gasteiger partial charge in [-0.25, -0.2) is 8.42 Å². The minimum absolute atomic E-state index is 0.168. The maximum Gasteiger partial charge on any atom is 0.261 e. The van der Waals surface area contributed by atoms with Gasteiger partial charge in [0, 0.05) is 24.0 Å². The maximum absolute atomic E-state index is 12.3. The van der Waals surface area contributed by atoms with E-state index in [1.54, 1.807) is 43.3 Å². The van der Waals surface area contributed by atoms with E-state index in [2.05, 4.69) is 10.0 Å². The van der Waals surface area contributed by atoms with Crippen molar-refractivity contribution in [1.29, 1.82) is 0 Å². The molecule has 1 amide bonds. The molecule has 1 atom stereocenters. The first kappa shape index (κ1) is 28.5. The van der Waals surface area contributed by atoms with Gasteiger partial charge in [-0.15, -0.1) is 0 Å². The standard InChI is InChI=1S/C16H19N3O3S.CH3F.2F2/c1-11-8-9-13(10-15(11)18-16(20)12(2)17)19-23(21,22)14-6-4-3-5-7-14;3*1-2/h3-10,12,19H,17H2,1-2H3,(H,18,20);1H3;;/t12-;;;/m0.../s1. The van der Waals surface area contributed by atoms with Crippen molar-refractivity contribution in [2.24, 2.45) is 5.73 Å². The van der Waals surface area contributed by atoms with Crippen molar-refractivity contribution in [3.8, 4) is 0 Å². The first-order valence-electron chi connectivity index (χ1n) is 7.71. The molecule has 0 aliphatic carbocycles. The van der Waals surface area contributed by atoms with Crippen molar-refractivity contribution in [2.75, 3.05) is 17.2 Å². The summed E-state index contributed by atoms with van der Waals surface area (Å²) in [6.45, 7) is 3.39. The van der Waals surface area contributed by atoms with Crippen molar-refractivity contribution < 1.29 is 35.9 Å². The first-order valence-corrected chi connectivity index (χ1v) is 9.19. The summed E-state index contributed by atoms with van der Waals surface area (Å²) in [5.74, 6) is -0.337. The predicted octanol–water partition coefficient (Wildman–Crippen LogP) is 4.35. The molecule has 12 heteroatoms. The molecule has 2 aromatic rings. The normalized spacial score (nSPS) is 10.5. The van der Waals surface area contributed by atoms with Gasteiger partial charge < -0.3 is 11.1 Å². The summed E-state index contributed by atoms with van der Waals surface area (Å²) >= 11 is 0. The topological polar surface area (TPSA) is 101 Å². The van der Waals surface area contributed by atoms with E-state index in [0.717, 1.165) is 5.56 Å². The highest BCUT2D eigenvalue weighted by Crippen LogP contribution is 2.23. The molecule has 0 aromatic heterocycles. The Bertz CT molecular complexity index is 822. The molecule has 0 fully saturated rings. The Morgan fingerprint density at radius 1 is 1.00 bits per heavy atom. The van der Waals surface area contributed by atoms with Gasteiger partial charge >= 0.3 is 0 Å². The largest absolute Gasteiger partial charge is 0.324 e. The fraction of sp³-hybridized carbons (Fsp3) is 0.235. The molecule has 0 saturated heterocycles. The minimum atomic E-state index is -3.68. The molecule has 0 radical (unpaired) electrons. The second kappa shape index (κ2) is 15.2. The van der Waals surface area contributed by atoms with Gasteiger partial charge in [0.2, 0.25) is 5.91 Å². The lowest BCUT2D eigenvalue weighted by Gasteiger charge is -2.13. The van der Waals surface area contributed by atoms with E-state index in [1.165, 1.54) is 12.1 Å². The zero-order valence-corrected chi connectivity index (χ0v) is 16.6. The average molecular weight is 443 g/mol. The lowest BCUT2D eigenvalue weighted by molar-refractivity contribution is -0.117. The van der Waals surface area contributed by atoms with Crippen LogP contribution in [0.2, 0.25) is 0 Å². The first-order chi connectivity index (χ1) is 13.8. The summed E-state index contributed by atoms with van der Waals surface area (Å²) < 4.78 is 68.6. The number of benzene rings is 2. The van der Waals surface area contributed by atoms with Gasteiger partial charge in [-0.1, -0.05) is 24.3 Å². The van der Waals surface area contributed by atoms with Crippen molar-refractivity contribution in [3.05, 3.63) is 54.1 Å². The molecule has 164 valence electrons. The third-order valence-electron chi connectivity index (χ3n) is 3.21. The number of rotatable bonds is 5. The molecule has 0 aliphatic heterocycles. The molecule has 29 heavy (non-hydrogen) atoms. The highest BCUT2D eigenvalue weighted by Gasteiger charge is 2.15. The highest BCUT2D eigenvalue weighted by molar-refractivity contribution is 7.92. The number of anilines is 2. The van der Waals surface area contributed by atoms with E-state index >= 15 is 0 Å². The van der Waals surface area contributed by atoms with E-state index in [0.29, 0.717) is 18.6 Å². The minimum Gasteiger partial charge on any atom is -0.324 e. The smallest absolute Gasteiger partial charge is 0.261 e. The van der Waals surface area contributed by atoms with Crippen LogP contribution >= 0.6 is 0 Å². The molecule has 0 aliphatic rings. The molecule has 0 unspecified atom stereocenters. The molecule has 4 N–H and O–H groups in total. The van der Waals surface area contributed by atoms with Crippen LogP contribution in [0.15, 0.2) is 53.4 Å². The van der Waals surface area contributed by atoms with Crippen LogP contribution in [0.3, 0.4) is 0 Å². The molecule has 0 saturated carbocycles. The Morgan fingerprint density at radius 3 is 2.00 bits per heavy atom. The van der Waals surface area contributed by atoms with E-state index in [4.69, 9.17) is 24.0 Å². The van der Waals surface area contributed by atoms with Gasteiger partial charge in [0.15, 0.2) is 0 Å². The van der Waals surface area contributed by atoms with Crippen molar-refractivity contribution >= 4 is 27.3 Å². The Labute approximate surface area is 165 Å². The van der Waals surface area contributed by atoms with E-state index in [9.17, 15) is 17.6 Å². The van der Waals surface area contributed by atoms with Crippen molar-refractivity contribution in [2.45, 2.75) is 24.8 Å². The van der Waals surface area contributed by atoms with Gasteiger partial charge in [0.25, 0.3) is 10.0 Å². The Kier molecular flexibility index (Phi) is 14.9. The monoisotopic (exact) mass is 443 g/mol. The number of halogens is 5. The van der Waals surface area contributed by atoms with Crippen LogP contribution in [0.1, 0.15) is 12.5 Å². The SMILES string of the molecule is CF.Cc1ccc(NS(=O)(=O)c2ccccc2)cc1NC(=O)[C@H](C)N.FF.FF. The third-order valence-corrected chi connectivity index (χ3v) is 4.61. The number of nitrogens with one attached hydrogen (secondary N) is 2. The number of aryl methyl sites for hydroxylation is 1. The van der Waals surface area contributed by atoms with Crippen LogP contribution in [-0.4, -0.2) is 27.5 Å². The van der Waals surface area contributed by atoms with Crippen LogP contribution in [0.5, 0.6) is 0 Å². The van der Waals surface area contributed by atoms with Gasteiger partial charge in [0.05, 0.1) is 23.8 Å². The number of carbonyl (C=O) groups is 1. The van der Waals surface area contributed by atoms with Crippen LogP contribution in [0.25, 0.3) is 0 Å².